The van der Waals surface area contributed by atoms with Crippen molar-refractivity contribution in [2.75, 3.05) is 13.7 Å². The zero-order valence-electron chi connectivity index (χ0n) is 9.98. The molecule has 0 saturated heterocycles. The number of hydrogen-bond donors (Lipinski definition) is 3. The first-order valence-corrected chi connectivity index (χ1v) is 5.16. The molecule has 16 heavy (non-hydrogen) atoms. The minimum Gasteiger partial charge on any atom is -0.478 e. The maximum Gasteiger partial charge on any atom is 0.330 e. The monoisotopic (exact) mass is 234 g/mol. The summed E-state index contributed by atoms with van der Waals surface area (Å²) in [4.78, 5) is 9.60. The minimum atomic E-state index is -0.935. The molecule has 0 aliphatic heterocycles. The molecule has 0 rings (SSSR count). The Morgan fingerprint density at radius 1 is 1.38 bits per heavy atom. The lowest BCUT2D eigenvalue weighted by molar-refractivity contribution is -0.132. The number of carboxylic acids is 1. The van der Waals surface area contributed by atoms with Crippen LogP contribution < -0.4 is 0 Å². The van der Waals surface area contributed by atoms with Crippen molar-refractivity contribution >= 4 is 5.97 Å². The third-order valence-corrected chi connectivity index (χ3v) is 1.75. The van der Waals surface area contributed by atoms with Crippen molar-refractivity contribution in [2.45, 2.75) is 38.9 Å². The van der Waals surface area contributed by atoms with Gasteiger partial charge in [-0.15, -0.1) is 0 Å². The van der Waals surface area contributed by atoms with Crippen LogP contribution in [0.15, 0.2) is 12.2 Å². The number of methoxy groups -OCH3 is 1. The summed E-state index contributed by atoms with van der Waals surface area (Å²) < 4.78 is 4.62. The van der Waals surface area contributed by atoms with Gasteiger partial charge in [-0.25, -0.2) is 4.79 Å². The molecule has 0 bridgehead atoms. The fourth-order valence-corrected chi connectivity index (χ4v) is 0.725. The summed E-state index contributed by atoms with van der Waals surface area (Å²) in [5.41, 5.74) is 0.176. The van der Waals surface area contributed by atoms with Crippen molar-refractivity contribution in [1.82, 2.24) is 0 Å². The maximum atomic E-state index is 9.60. The third kappa shape index (κ3) is 15.6. The zero-order chi connectivity index (χ0) is 13.0. The van der Waals surface area contributed by atoms with Crippen molar-refractivity contribution in [3.05, 3.63) is 12.2 Å². The molecular weight excluding hydrogens is 212 g/mol. The van der Waals surface area contributed by atoms with Gasteiger partial charge in [0.15, 0.2) is 6.29 Å². The molecule has 5 nitrogen and oxygen atoms in total. The summed E-state index contributed by atoms with van der Waals surface area (Å²) in [6.07, 6.45) is 2.72. The number of aliphatic hydroxyl groups is 2. The first-order chi connectivity index (χ1) is 7.45. The van der Waals surface area contributed by atoms with E-state index in [1.165, 1.54) is 14.0 Å². The maximum absolute atomic E-state index is 9.60. The second-order valence-corrected chi connectivity index (χ2v) is 3.35. The number of carboxylic acid groups (broad SMARTS) is 1. The number of aliphatic hydroxyl groups excluding tert-OH is 2. The molecule has 0 spiro atoms. The average molecular weight is 234 g/mol. The molecule has 0 heterocycles. The molecule has 0 aromatic carbocycles. The van der Waals surface area contributed by atoms with Gasteiger partial charge in [-0.1, -0.05) is 13.0 Å². The summed E-state index contributed by atoms with van der Waals surface area (Å²) in [5.74, 6) is -0.935. The van der Waals surface area contributed by atoms with E-state index in [1.807, 2.05) is 0 Å². The lowest BCUT2D eigenvalue weighted by atomic mass is 10.2. The van der Waals surface area contributed by atoms with E-state index in [2.05, 4.69) is 11.3 Å². The van der Waals surface area contributed by atoms with Crippen molar-refractivity contribution < 1.29 is 24.9 Å². The van der Waals surface area contributed by atoms with Crippen LogP contribution in [-0.4, -0.2) is 41.3 Å². The van der Waals surface area contributed by atoms with Gasteiger partial charge < -0.3 is 20.1 Å². The molecule has 0 aromatic rings. The average Bonchev–Trinajstić information content (AvgIpc) is 2.24. The Labute approximate surface area is 96.4 Å². The van der Waals surface area contributed by atoms with E-state index in [9.17, 15) is 4.79 Å². The van der Waals surface area contributed by atoms with Crippen LogP contribution in [0.2, 0.25) is 0 Å². The highest BCUT2D eigenvalue weighted by Crippen LogP contribution is 2.02. The van der Waals surface area contributed by atoms with Crippen LogP contribution in [0.5, 0.6) is 0 Å². The smallest absolute Gasteiger partial charge is 0.330 e. The first kappa shape index (κ1) is 17.5. The van der Waals surface area contributed by atoms with Crippen LogP contribution in [0.4, 0.5) is 0 Å². The zero-order valence-corrected chi connectivity index (χ0v) is 9.98. The number of rotatable bonds is 7. The molecule has 0 saturated carbocycles. The summed E-state index contributed by atoms with van der Waals surface area (Å²) in [7, 11) is 1.48. The van der Waals surface area contributed by atoms with Crippen LogP contribution in [0.1, 0.15) is 32.6 Å². The lowest BCUT2D eigenvalue weighted by Gasteiger charge is -2.06. The number of ether oxygens (including phenoxy) is 1. The topological polar surface area (TPSA) is 87.0 Å². The Hall–Kier alpha value is -0.910. The van der Waals surface area contributed by atoms with Gasteiger partial charge in [0.2, 0.25) is 0 Å². The first-order valence-electron chi connectivity index (χ1n) is 5.16. The highest BCUT2D eigenvalue weighted by molar-refractivity contribution is 5.84. The van der Waals surface area contributed by atoms with E-state index < -0.39 is 12.3 Å². The van der Waals surface area contributed by atoms with E-state index in [0.717, 1.165) is 19.3 Å². The van der Waals surface area contributed by atoms with Gasteiger partial charge in [-0.3, -0.25) is 0 Å². The molecule has 3 N–H and O–H groups in total. The molecule has 0 aromatic heterocycles. The van der Waals surface area contributed by atoms with E-state index in [4.69, 9.17) is 15.3 Å². The summed E-state index contributed by atoms with van der Waals surface area (Å²) in [5, 5.41) is 25.2. The van der Waals surface area contributed by atoms with E-state index in [0.29, 0.717) is 6.42 Å². The fourth-order valence-electron chi connectivity index (χ4n) is 0.725. The molecule has 5 heteroatoms. The van der Waals surface area contributed by atoms with Gasteiger partial charge in [-0.2, -0.15) is 0 Å². The van der Waals surface area contributed by atoms with E-state index >= 15 is 0 Å². The van der Waals surface area contributed by atoms with Crippen LogP contribution in [-0.2, 0) is 9.53 Å². The van der Waals surface area contributed by atoms with Crippen molar-refractivity contribution in [1.29, 1.82) is 0 Å². The third-order valence-electron chi connectivity index (χ3n) is 1.75. The second-order valence-electron chi connectivity index (χ2n) is 3.35. The quantitative estimate of drug-likeness (QED) is 0.349. The molecule has 96 valence electrons. The van der Waals surface area contributed by atoms with Gasteiger partial charge in [0.05, 0.1) is 0 Å². The molecule has 0 amide bonds. The molecule has 0 radical (unpaired) electrons. The standard InChI is InChI=1S/C7H16O3.C4H6O2/c1-10-7(9)5-3-2-4-6-8;1-3(2)4(5)6/h7-9H,2-6H2,1H3;1H2,2H3,(H,5,6). The number of carbonyl (C=O) groups is 1. The van der Waals surface area contributed by atoms with Crippen molar-refractivity contribution in [3.8, 4) is 0 Å². The summed E-state index contributed by atoms with van der Waals surface area (Å²) in [6, 6.07) is 0. The van der Waals surface area contributed by atoms with Crippen LogP contribution in [0.25, 0.3) is 0 Å². The molecule has 0 fully saturated rings. The molecule has 0 aliphatic rings. The highest BCUT2D eigenvalue weighted by atomic mass is 16.6. The van der Waals surface area contributed by atoms with E-state index in [-0.39, 0.29) is 12.2 Å². The van der Waals surface area contributed by atoms with Gasteiger partial charge >= 0.3 is 5.97 Å². The largest absolute Gasteiger partial charge is 0.478 e. The Morgan fingerprint density at radius 2 is 1.88 bits per heavy atom. The molecular formula is C11H22O5. The minimum absolute atomic E-state index is 0.176. The number of hydrogen-bond acceptors (Lipinski definition) is 4. The summed E-state index contributed by atoms with van der Waals surface area (Å²) >= 11 is 0. The molecule has 1 unspecified atom stereocenters. The SMILES string of the molecule is C=C(C)C(=O)O.COC(O)CCCCCO. The van der Waals surface area contributed by atoms with Crippen LogP contribution >= 0.6 is 0 Å². The van der Waals surface area contributed by atoms with Crippen molar-refractivity contribution in [3.63, 3.8) is 0 Å². The number of aliphatic carboxylic acids is 1. The number of unbranched alkanes of at least 4 members (excludes halogenated alkanes) is 2. The molecule has 0 aliphatic carbocycles. The Balaban J connectivity index is 0. The highest BCUT2D eigenvalue weighted by Gasteiger charge is 1.98. The van der Waals surface area contributed by atoms with E-state index in [1.54, 1.807) is 0 Å². The van der Waals surface area contributed by atoms with Crippen LogP contribution in [0.3, 0.4) is 0 Å². The Morgan fingerprint density at radius 3 is 2.19 bits per heavy atom. The van der Waals surface area contributed by atoms with Gasteiger partial charge in [-0.05, 0) is 26.2 Å². The normalized spacial score (nSPS) is 11.2. The van der Waals surface area contributed by atoms with Gasteiger partial charge in [0.25, 0.3) is 0 Å². The van der Waals surface area contributed by atoms with Gasteiger partial charge in [0.1, 0.15) is 0 Å². The van der Waals surface area contributed by atoms with Crippen LogP contribution in [0, 0.1) is 0 Å². The Bertz CT molecular complexity index is 179. The predicted octanol–water partition coefficient (Wildman–Crippen LogP) is 1.15. The molecule has 1 atom stereocenters. The fraction of sp³-hybridized carbons (Fsp3) is 0.727. The second kappa shape index (κ2) is 12.2. The summed E-state index contributed by atoms with van der Waals surface area (Å²) in [6.45, 7) is 4.84. The van der Waals surface area contributed by atoms with Gasteiger partial charge in [0, 0.05) is 19.3 Å². The predicted molar refractivity (Wildman–Crippen MR) is 61.0 cm³/mol. The van der Waals surface area contributed by atoms with Crippen molar-refractivity contribution in [2.24, 2.45) is 0 Å². The lowest BCUT2D eigenvalue weighted by Crippen LogP contribution is -2.07. The Kier molecular flexibility index (Phi) is 13.3.